The van der Waals surface area contributed by atoms with Gasteiger partial charge >= 0.3 is 0 Å². The molecule has 1 fully saturated rings. The van der Waals surface area contributed by atoms with Crippen LogP contribution in [0.3, 0.4) is 0 Å². The molecular weight excluding hydrogens is 502 g/mol. The van der Waals surface area contributed by atoms with Gasteiger partial charge in [0, 0.05) is 18.7 Å². The van der Waals surface area contributed by atoms with Crippen molar-refractivity contribution in [2.24, 2.45) is 10.7 Å². The Labute approximate surface area is 216 Å². The highest BCUT2D eigenvalue weighted by atomic mass is 35.5. The predicted octanol–water partition coefficient (Wildman–Crippen LogP) is 2.61. The molecule has 37 heavy (non-hydrogen) atoms. The van der Waals surface area contributed by atoms with Gasteiger partial charge in [0.2, 0.25) is 5.91 Å². The quantitative estimate of drug-likeness (QED) is 0.481. The predicted molar refractivity (Wildman–Crippen MR) is 135 cm³/mol. The summed E-state index contributed by atoms with van der Waals surface area (Å²) in [6, 6.07) is 8.73. The second kappa shape index (κ2) is 10.2. The maximum Gasteiger partial charge on any atom is 0.246 e. The largest absolute Gasteiger partial charge is 0.487 e. The number of aromatic nitrogens is 2. The summed E-state index contributed by atoms with van der Waals surface area (Å²) in [5.41, 5.74) is 8.76. The lowest BCUT2D eigenvalue weighted by Gasteiger charge is -2.32. The molecule has 3 aromatic rings. The molecule has 192 valence electrons. The van der Waals surface area contributed by atoms with Crippen molar-refractivity contribution >= 4 is 23.3 Å². The number of piperidine rings is 1. The fraction of sp³-hybridized carbons (Fsp3) is 0.269. The average Bonchev–Trinajstić information content (AvgIpc) is 3.30. The van der Waals surface area contributed by atoms with Crippen molar-refractivity contribution in [2.75, 3.05) is 19.8 Å². The summed E-state index contributed by atoms with van der Waals surface area (Å²) in [6.07, 6.45) is 3.00. The number of halogens is 3. The topological polar surface area (TPSA) is 97.8 Å². The third kappa shape index (κ3) is 4.89. The van der Waals surface area contributed by atoms with E-state index in [9.17, 15) is 13.6 Å². The van der Waals surface area contributed by atoms with Gasteiger partial charge in [0.25, 0.3) is 0 Å². The molecule has 2 aliphatic rings. The molecule has 0 unspecified atom stereocenters. The molecule has 0 aliphatic carbocycles. The van der Waals surface area contributed by atoms with Crippen molar-refractivity contribution in [2.45, 2.75) is 25.5 Å². The van der Waals surface area contributed by atoms with Crippen LogP contribution in [0.15, 0.2) is 54.0 Å². The van der Waals surface area contributed by atoms with Crippen molar-refractivity contribution in [1.29, 1.82) is 0 Å². The molecular formula is C26H25ClF2N6O2. The normalized spacial score (nSPS) is 17.0. The third-order valence-electron chi connectivity index (χ3n) is 6.47. The highest BCUT2D eigenvalue weighted by molar-refractivity contribution is 6.32. The van der Waals surface area contributed by atoms with E-state index in [0.29, 0.717) is 63.9 Å². The zero-order valence-corrected chi connectivity index (χ0v) is 20.6. The Bertz CT molecular complexity index is 1510. The SMILES string of the molecule is C=CC(=O)N1CCC[C@@H](n2nc(-c3ccc(OCc4ccc(F)c(F)c4)c(Cl)c3)c3c2=NCNC=3N)C1. The van der Waals surface area contributed by atoms with Crippen LogP contribution in [0.4, 0.5) is 8.78 Å². The van der Waals surface area contributed by atoms with Crippen LogP contribution in [0.2, 0.25) is 5.02 Å². The van der Waals surface area contributed by atoms with E-state index in [2.05, 4.69) is 16.9 Å². The van der Waals surface area contributed by atoms with E-state index in [1.54, 1.807) is 23.1 Å². The van der Waals surface area contributed by atoms with Crippen LogP contribution in [0.25, 0.3) is 17.1 Å². The zero-order valence-electron chi connectivity index (χ0n) is 19.9. The summed E-state index contributed by atoms with van der Waals surface area (Å²) >= 11 is 6.52. The summed E-state index contributed by atoms with van der Waals surface area (Å²) in [7, 11) is 0. The number of fused-ring (bicyclic) bond motifs is 1. The van der Waals surface area contributed by atoms with E-state index in [1.165, 1.54) is 12.1 Å². The van der Waals surface area contributed by atoms with Crippen molar-refractivity contribution in [3.05, 3.63) is 82.0 Å². The van der Waals surface area contributed by atoms with Crippen molar-refractivity contribution in [3.8, 4) is 17.0 Å². The van der Waals surface area contributed by atoms with Crippen LogP contribution in [0, 0.1) is 11.6 Å². The maximum atomic E-state index is 13.5. The number of carbonyl (C=O) groups excluding carboxylic acids is 1. The van der Waals surface area contributed by atoms with E-state index in [4.69, 9.17) is 27.2 Å². The van der Waals surface area contributed by atoms with Gasteiger partial charge in [0.05, 0.1) is 16.3 Å². The fourth-order valence-corrected chi connectivity index (χ4v) is 4.84. The van der Waals surface area contributed by atoms with E-state index in [1.807, 2.05) is 4.68 Å². The number of rotatable bonds is 6. The van der Waals surface area contributed by atoms with Gasteiger partial charge < -0.3 is 20.7 Å². The lowest BCUT2D eigenvalue weighted by molar-refractivity contribution is -0.127. The number of likely N-dealkylation sites (tertiary alicyclic amines) is 1. The number of hydrogen-bond acceptors (Lipinski definition) is 6. The highest BCUT2D eigenvalue weighted by Gasteiger charge is 2.27. The first-order valence-corrected chi connectivity index (χ1v) is 12.2. The minimum atomic E-state index is -0.939. The van der Waals surface area contributed by atoms with E-state index >= 15 is 0 Å². The number of carbonyl (C=O) groups is 1. The summed E-state index contributed by atoms with van der Waals surface area (Å²) in [6.45, 7) is 5.11. The molecule has 0 spiro atoms. The Morgan fingerprint density at radius 2 is 2.11 bits per heavy atom. The maximum absolute atomic E-state index is 13.5. The number of ether oxygens (including phenoxy) is 1. The molecule has 5 rings (SSSR count). The van der Waals surface area contributed by atoms with Gasteiger partial charge in [-0.1, -0.05) is 24.2 Å². The monoisotopic (exact) mass is 526 g/mol. The molecule has 1 aromatic heterocycles. The van der Waals surface area contributed by atoms with E-state index in [0.717, 1.165) is 25.0 Å². The molecule has 0 radical (unpaired) electrons. The molecule has 8 nitrogen and oxygen atoms in total. The zero-order chi connectivity index (χ0) is 26.1. The van der Waals surface area contributed by atoms with Gasteiger partial charge in [-0.3, -0.25) is 4.79 Å². The second-order valence-corrected chi connectivity index (χ2v) is 9.27. The van der Waals surface area contributed by atoms with Crippen LogP contribution in [-0.2, 0) is 11.4 Å². The minimum Gasteiger partial charge on any atom is -0.487 e. The van der Waals surface area contributed by atoms with Gasteiger partial charge in [-0.15, -0.1) is 0 Å². The van der Waals surface area contributed by atoms with Gasteiger partial charge in [0.15, 0.2) is 17.1 Å². The van der Waals surface area contributed by atoms with Crippen molar-refractivity contribution in [3.63, 3.8) is 0 Å². The van der Waals surface area contributed by atoms with Crippen LogP contribution in [0.5, 0.6) is 5.75 Å². The number of nitrogens with zero attached hydrogens (tertiary/aromatic N) is 4. The van der Waals surface area contributed by atoms with Gasteiger partial charge in [-0.2, -0.15) is 5.10 Å². The molecule has 3 N–H and O–H groups in total. The molecule has 1 amide bonds. The number of nitrogens with two attached hydrogens (primary N) is 1. The Morgan fingerprint density at radius 3 is 2.86 bits per heavy atom. The highest BCUT2D eigenvalue weighted by Crippen LogP contribution is 2.30. The average molecular weight is 527 g/mol. The van der Waals surface area contributed by atoms with Crippen LogP contribution in [-0.4, -0.2) is 40.3 Å². The smallest absolute Gasteiger partial charge is 0.246 e. The van der Waals surface area contributed by atoms with Gasteiger partial charge in [-0.05, 0) is 54.8 Å². The van der Waals surface area contributed by atoms with E-state index in [-0.39, 0.29) is 18.6 Å². The van der Waals surface area contributed by atoms with Gasteiger partial charge in [0.1, 0.15) is 30.5 Å². The molecule has 2 aliphatic heterocycles. The Morgan fingerprint density at radius 1 is 1.27 bits per heavy atom. The summed E-state index contributed by atoms with van der Waals surface area (Å²) < 4.78 is 34.3. The third-order valence-corrected chi connectivity index (χ3v) is 6.76. The standard InChI is InChI=1S/C26H25ClF2N6O2/c1-2-22(36)34-9-3-4-17(12-34)35-26-23(25(30)31-14-32-26)24(33-35)16-6-8-21(18(27)11-16)37-13-15-5-7-19(28)20(29)10-15/h2,5-8,10-11,17,31H,1,3-4,9,12-14,30H2/t17-/m1/s1. The first kappa shape index (κ1) is 24.8. The van der Waals surface area contributed by atoms with Crippen LogP contribution in [0.1, 0.15) is 24.4 Å². The lowest BCUT2D eigenvalue weighted by Crippen LogP contribution is -2.47. The fourth-order valence-electron chi connectivity index (χ4n) is 4.61. The van der Waals surface area contributed by atoms with Crippen molar-refractivity contribution < 1.29 is 18.3 Å². The number of amides is 1. The molecule has 3 heterocycles. The van der Waals surface area contributed by atoms with E-state index < -0.39 is 11.6 Å². The Hall–Kier alpha value is -3.92. The Kier molecular flexibility index (Phi) is 6.84. The summed E-state index contributed by atoms with van der Waals surface area (Å²) in [4.78, 5) is 18.6. The molecule has 0 bridgehead atoms. The van der Waals surface area contributed by atoms with Crippen LogP contribution < -0.4 is 26.5 Å². The molecule has 1 saturated heterocycles. The van der Waals surface area contributed by atoms with Crippen LogP contribution >= 0.6 is 11.6 Å². The molecule has 1 atom stereocenters. The first-order chi connectivity index (χ1) is 17.9. The summed E-state index contributed by atoms with van der Waals surface area (Å²) in [5.74, 6) is -1.13. The molecule has 2 aromatic carbocycles. The number of benzene rings is 2. The van der Waals surface area contributed by atoms with Crippen molar-refractivity contribution in [1.82, 2.24) is 20.0 Å². The second-order valence-electron chi connectivity index (χ2n) is 8.87. The minimum absolute atomic E-state index is 0.0193. The first-order valence-electron chi connectivity index (χ1n) is 11.8. The number of hydrogen-bond donors (Lipinski definition) is 2. The Balaban J connectivity index is 1.46. The molecule has 0 saturated carbocycles. The lowest BCUT2D eigenvalue weighted by atomic mass is 10.1. The molecule has 11 heteroatoms. The summed E-state index contributed by atoms with van der Waals surface area (Å²) in [5, 5.41) is 8.93. The number of nitrogens with one attached hydrogen (secondary N) is 1. The van der Waals surface area contributed by atoms with Gasteiger partial charge in [-0.25, -0.2) is 18.5 Å².